The average Bonchev–Trinajstić information content (AvgIpc) is 3.28. The SMILES string of the molecule is COc1ccccc1NC(=O)N1CCc2c(C(=O)NCCc3ncc(C(F)(F)F)cc3Cl)n[nH]c2C1. The summed E-state index contributed by atoms with van der Waals surface area (Å²) in [5, 5.41) is 12.3. The van der Waals surface area contributed by atoms with E-state index in [9.17, 15) is 22.8 Å². The number of nitrogens with one attached hydrogen (secondary N) is 3. The molecule has 9 nitrogen and oxygen atoms in total. The van der Waals surface area contributed by atoms with Gasteiger partial charge in [-0.3, -0.25) is 14.9 Å². The monoisotopic (exact) mass is 522 g/mol. The van der Waals surface area contributed by atoms with Gasteiger partial charge in [0, 0.05) is 31.3 Å². The maximum atomic E-state index is 12.8. The maximum Gasteiger partial charge on any atom is 0.417 e. The first-order valence-electron chi connectivity index (χ1n) is 10.9. The Morgan fingerprint density at radius 2 is 2.06 bits per heavy atom. The molecule has 0 unspecified atom stereocenters. The number of urea groups is 1. The first-order chi connectivity index (χ1) is 17.2. The van der Waals surface area contributed by atoms with E-state index in [1.807, 2.05) is 0 Å². The summed E-state index contributed by atoms with van der Waals surface area (Å²) in [6.45, 7) is 0.715. The molecule has 1 aliphatic rings. The summed E-state index contributed by atoms with van der Waals surface area (Å²) in [5.74, 6) is 0.0966. The largest absolute Gasteiger partial charge is 0.495 e. The second kappa shape index (κ2) is 10.4. The normalized spacial score (nSPS) is 13.2. The smallest absolute Gasteiger partial charge is 0.417 e. The van der Waals surface area contributed by atoms with Crippen LogP contribution in [0.3, 0.4) is 0 Å². The molecule has 0 aliphatic carbocycles. The van der Waals surface area contributed by atoms with Gasteiger partial charge in [-0.15, -0.1) is 0 Å². The van der Waals surface area contributed by atoms with Crippen molar-refractivity contribution in [2.75, 3.05) is 25.5 Å². The minimum absolute atomic E-state index is 0.103. The number of halogens is 4. The number of fused-ring (bicyclic) bond motifs is 1. The van der Waals surface area contributed by atoms with Gasteiger partial charge in [0.2, 0.25) is 0 Å². The number of hydrogen-bond donors (Lipinski definition) is 3. The molecule has 0 saturated heterocycles. The minimum Gasteiger partial charge on any atom is -0.495 e. The molecule has 0 atom stereocenters. The molecule has 1 aliphatic heterocycles. The van der Waals surface area contributed by atoms with Crippen molar-refractivity contribution < 1.29 is 27.5 Å². The van der Waals surface area contributed by atoms with Crippen molar-refractivity contribution in [3.63, 3.8) is 0 Å². The van der Waals surface area contributed by atoms with E-state index in [0.29, 0.717) is 41.9 Å². The van der Waals surface area contributed by atoms with Crippen molar-refractivity contribution >= 4 is 29.2 Å². The number of pyridine rings is 1. The third-order valence-corrected chi connectivity index (χ3v) is 6.00. The standard InChI is InChI=1S/C23H22ClF3N6O3/c1-36-19-5-3-2-4-17(19)30-22(35)33-9-7-14-18(12-33)31-32-20(14)21(34)28-8-6-16-15(24)10-13(11-29-16)23(25,26)27/h2-5,10-11H,6-9,12H2,1H3,(H,28,34)(H,30,35)(H,31,32). The molecule has 3 N–H and O–H groups in total. The highest BCUT2D eigenvalue weighted by atomic mass is 35.5. The van der Waals surface area contributed by atoms with Crippen molar-refractivity contribution in [2.45, 2.75) is 25.6 Å². The number of para-hydroxylation sites is 2. The molecule has 3 heterocycles. The second-order valence-electron chi connectivity index (χ2n) is 7.99. The van der Waals surface area contributed by atoms with Gasteiger partial charge in [-0.2, -0.15) is 18.3 Å². The van der Waals surface area contributed by atoms with Crippen molar-refractivity contribution in [3.05, 3.63) is 69.8 Å². The summed E-state index contributed by atoms with van der Waals surface area (Å²) < 4.78 is 43.5. The second-order valence-corrected chi connectivity index (χ2v) is 8.39. The number of alkyl halides is 3. The topological polar surface area (TPSA) is 112 Å². The summed E-state index contributed by atoms with van der Waals surface area (Å²) in [6.07, 6.45) is -3.26. The highest BCUT2D eigenvalue weighted by molar-refractivity contribution is 6.31. The van der Waals surface area contributed by atoms with Gasteiger partial charge in [-0.1, -0.05) is 23.7 Å². The zero-order chi connectivity index (χ0) is 25.9. The molecule has 0 spiro atoms. The lowest BCUT2D eigenvalue weighted by atomic mass is 10.0. The van der Waals surface area contributed by atoms with E-state index in [4.69, 9.17) is 16.3 Å². The fraction of sp³-hybridized carbons (Fsp3) is 0.304. The zero-order valence-electron chi connectivity index (χ0n) is 19.1. The first-order valence-corrected chi connectivity index (χ1v) is 11.3. The number of H-pyrrole nitrogens is 1. The molecule has 3 amide bonds. The quantitative estimate of drug-likeness (QED) is 0.452. The maximum absolute atomic E-state index is 12.8. The van der Waals surface area contributed by atoms with Crippen LogP contribution in [-0.2, 0) is 25.6 Å². The van der Waals surface area contributed by atoms with Gasteiger partial charge in [0.25, 0.3) is 5.91 Å². The Morgan fingerprint density at radius 3 is 2.78 bits per heavy atom. The van der Waals surface area contributed by atoms with Crippen LogP contribution < -0.4 is 15.4 Å². The van der Waals surface area contributed by atoms with Crippen molar-refractivity contribution in [2.24, 2.45) is 0 Å². The summed E-state index contributed by atoms with van der Waals surface area (Å²) in [5.41, 5.74) is 1.41. The van der Waals surface area contributed by atoms with Crippen LogP contribution in [0, 0.1) is 0 Å². The predicted molar refractivity (Wildman–Crippen MR) is 125 cm³/mol. The number of aromatic amines is 1. The molecule has 0 radical (unpaired) electrons. The first kappa shape index (κ1) is 25.3. The number of ether oxygens (including phenoxy) is 1. The summed E-state index contributed by atoms with van der Waals surface area (Å²) in [6, 6.07) is 7.56. The molecule has 190 valence electrons. The highest BCUT2D eigenvalue weighted by Crippen LogP contribution is 2.31. The number of benzene rings is 1. The fourth-order valence-corrected chi connectivity index (χ4v) is 4.07. The number of aromatic nitrogens is 3. The van der Waals surface area contributed by atoms with Crippen LogP contribution in [0.15, 0.2) is 36.5 Å². The van der Waals surface area contributed by atoms with E-state index in [2.05, 4.69) is 25.8 Å². The van der Waals surface area contributed by atoms with Gasteiger partial charge in [-0.05, 0) is 24.6 Å². The predicted octanol–water partition coefficient (Wildman–Crippen LogP) is 4.05. The molecule has 4 rings (SSSR count). The Kier molecular flexibility index (Phi) is 7.34. The molecule has 0 saturated carbocycles. The number of amides is 3. The van der Waals surface area contributed by atoms with Gasteiger partial charge in [0.05, 0.1) is 41.3 Å². The molecule has 13 heteroatoms. The Labute approximate surface area is 209 Å². The van der Waals surface area contributed by atoms with Gasteiger partial charge in [-0.25, -0.2) is 4.79 Å². The van der Waals surface area contributed by atoms with Gasteiger partial charge in [0.15, 0.2) is 5.69 Å². The Morgan fingerprint density at radius 1 is 1.28 bits per heavy atom. The van der Waals surface area contributed by atoms with E-state index >= 15 is 0 Å². The number of rotatable bonds is 6. The third-order valence-electron chi connectivity index (χ3n) is 5.68. The number of nitrogens with zero attached hydrogens (tertiary/aromatic N) is 3. The van der Waals surface area contributed by atoms with E-state index in [-0.39, 0.29) is 42.0 Å². The molecule has 36 heavy (non-hydrogen) atoms. The van der Waals surface area contributed by atoms with Gasteiger partial charge in [0.1, 0.15) is 5.75 Å². The fourth-order valence-electron chi connectivity index (χ4n) is 3.80. The molecule has 0 fully saturated rings. The van der Waals surface area contributed by atoms with Crippen LogP contribution in [0.25, 0.3) is 0 Å². The Hall–Kier alpha value is -3.80. The Balaban J connectivity index is 1.34. The number of carbonyl (C=O) groups excluding carboxylic acids is 2. The average molecular weight is 523 g/mol. The van der Waals surface area contributed by atoms with Gasteiger partial charge >= 0.3 is 12.2 Å². The number of methoxy groups -OCH3 is 1. The van der Waals surface area contributed by atoms with Crippen molar-refractivity contribution in [1.82, 2.24) is 25.4 Å². The minimum atomic E-state index is -4.53. The summed E-state index contributed by atoms with van der Waals surface area (Å²) in [7, 11) is 1.52. The van der Waals surface area contributed by atoms with Crippen LogP contribution in [0.4, 0.5) is 23.7 Å². The number of anilines is 1. The molecule has 1 aromatic carbocycles. The highest BCUT2D eigenvalue weighted by Gasteiger charge is 2.32. The lowest BCUT2D eigenvalue weighted by molar-refractivity contribution is -0.137. The number of hydrogen-bond acceptors (Lipinski definition) is 5. The van der Waals surface area contributed by atoms with Crippen LogP contribution in [0.1, 0.15) is 33.0 Å². The van der Waals surface area contributed by atoms with E-state index < -0.39 is 17.6 Å². The van der Waals surface area contributed by atoms with Crippen LogP contribution in [-0.4, -0.2) is 52.2 Å². The lowest BCUT2D eigenvalue weighted by Crippen LogP contribution is -2.39. The molecular formula is C23H22ClF3N6O3. The van der Waals surface area contributed by atoms with E-state index in [1.165, 1.54) is 7.11 Å². The molecule has 3 aromatic rings. The van der Waals surface area contributed by atoms with Crippen molar-refractivity contribution in [3.8, 4) is 5.75 Å². The van der Waals surface area contributed by atoms with Crippen LogP contribution >= 0.6 is 11.6 Å². The molecule has 0 bridgehead atoms. The zero-order valence-corrected chi connectivity index (χ0v) is 19.8. The Bertz CT molecular complexity index is 1280. The lowest BCUT2D eigenvalue weighted by Gasteiger charge is -2.27. The van der Waals surface area contributed by atoms with E-state index in [0.717, 1.165) is 6.07 Å². The molecule has 2 aromatic heterocycles. The third kappa shape index (κ3) is 5.54. The van der Waals surface area contributed by atoms with E-state index in [1.54, 1.807) is 29.2 Å². The summed E-state index contributed by atoms with van der Waals surface area (Å²) in [4.78, 5) is 30.7. The molecular weight excluding hydrogens is 501 g/mol. The van der Waals surface area contributed by atoms with Gasteiger partial charge < -0.3 is 20.3 Å². The summed E-state index contributed by atoms with van der Waals surface area (Å²) >= 11 is 5.92. The van der Waals surface area contributed by atoms with Crippen LogP contribution in [0.2, 0.25) is 5.02 Å². The van der Waals surface area contributed by atoms with Crippen molar-refractivity contribution in [1.29, 1.82) is 0 Å². The van der Waals surface area contributed by atoms with Crippen LogP contribution in [0.5, 0.6) is 5.75 Å². The number of carbonyl (C=O) groups is 2.